The first-order valence-electron chi connectivity index (χ1n) is 4.93. The predicted octanol–water partition coefficient (Wildman–Crippen LogP) is 1.92. The van der Waals surface area contributed by atoms with Gasteiger partial charge < -0.3 is 10.2 Å². The van der Waals surface area contributed by atoms with Crippen LogP contribution in [0.2, 0.25) is 5.02 Å². The Morgan fingerprint density at radius 2 is 2.07 bits per heavy atom. The zero-order chi connectivity index (χ0) is 9.97. The highest BCUT2D eigenvalue weighted by atomic mass is 35.5. The lowest BCUT2D eigenvalue weighted by atomic mass is 10.1. The van der Waals surface area contributed by atoms with Gasteiger partial charge in [-0.1, -0.05) is 23.7 Å². The Labute approximate surface area is 89.9 Å². The molecule has 0 aromatic heterocycles. The number of nitrogens with one attached hydrogen (secondary N) is 1. The number of halogens is 1. The number of nitrogens with zero attached hydrogens (tertiary/aromatic N) is 1. The molecule has 0 unspecified atom stereocenters. The Kier molecular flexibility index (Phi) is 3.06. The summed E-state index contributed by atoms with van der Waals surface area (Å²) < 4.78 is 0. The monoisotopic (exact) mass is 210 g/mol. The van der Waals surface area contributed by atoms with Crippen LogP contribution in [0.5, 0.6) is 0 Å². The van der Waals surface area contributed by atoms with E-state index >= 15 is 0 Å². The lowest BCUT2D eigenvalue weighted by Gasteiger charge is -2.31. The Hall–Kier alpha value is -0.570. The van der Waals surface area contributed by atoms with Gasteiger partial charge in [-0.25, -0.2) is 0 Å². The van der Waals surface area contributed by atoms with Gasteiger partial charge in [0.15, 0.2) is 0 Å². The van der Waals surface area contributed by atoms with E-state index in [-0.39, 0.29) is 0 Å². The Balaban J connectivity index is 2.10. The van der Waals surface area contributed by atoms with Crippen molar-refractivity contribution in [2.75, 3.05) is 26.7 Å². The SMILES string of the molecule is CN1CCN[C@H](c2ccc(Cl)cc2)C1. The van der Waals surface area contributed by atoms with Gasteiger partial charge in [0.1, 0.15) is 0 Å². The quantitative estimate of drug-likeness (QED) is 0.762. The minimum absolute atomic E-state index is 0.450. The summed E-state index contributed by atoms with van der Waals surface area (Å²) in [7, 11) is 2.16. The number of piperazine rings is 1. The third-order valence-electron chi connectivity index (χ3n) is 2.65. The maximum atomic E-state index is 5.85. The molecule has 1 atom stereocenters. The second kappa shape index (κ2) is 4.30. The largest absolute Gasteiger partial charge is 0.308 e. The van der Waals surface area contributed by atoms with Crippen LogP contribution < -0.4 is 5.32 Å². The van der Waals surface area contributed by atoms with E-state index in [0.29, 0.717) is 6.04 Å². The second-order valence-electron chi connectivity index (χ2n) is 3.82. The molecular formula is C11H15ClN2. The molecule has 1 aromatic rings. The molecule has 0 amide bonds. The molecule has 1 fully saturated rings. The van der Waals surface area contributed by atoms with E-state index in [9.17, 15) is 0 Å². The summed E-state index contributed by atoms with van der Waals surface area (Å²) in [5.74, 6) is 0. The number of likely N-dealkylation sites (N-methyl/N-ethyl adjacent to an activating group) is 1. The highest BCUT2D eigenvalue weighted by Crippen LogP contribution is 2.18. The number of benzene rings is 1. The van der Waals surface area contributed by atoms with E-state index in [1.165, 1.54) is 5.56 Å². The molecule has 1 aliphatic heterocycles. The maximum Gasteiger partial charge on any atom is 0.0449 e. The van der Waals surface area contributed by atoms with Crippen LogP contribution in [-0.2, 0) is 0 Å². The molecule has 1 N–H and O–H groups in total. The molecule has 3 heteroatoms. The van der Waals surface area contributed by atoms with E-state index in [2.05, 4.69) is 29.4 Å². The third-order valence-corrected chi connectivity index (χ3v) is 2.90. The summed E-state index contributed by atoms with van der Waals surface area (Å²) in [6.07, 6.45) is 0. The van der Waals surface area contributed by atoms with Crippen molar-refractivity contribution in [2.45, 2.75) is 6.04 Å². The predicted molar refractivity (Wildman–Crippen MR) is 59.7 cm³/mol. The first kappa shape index (κ1) is 9.97. The smallest absolute Gasteiger partial charge is 0.0449 e. The Morgan fingerprint density at radius 1 is 1.36 bits per heavy atom. The lowest BCUT2D eigenvalue weighted by Crippen LogP contribution is -2.43. The summed E-state index contributed by atoms with van der Waals surface area (Å²) in [6, 6.07) is 8.55. The topological polar surface area (TPSA) is 15.3 Å². The van der Waals surface area contributed by atoms with Crippen LogP contribution in [0.4, 0.5) is 0 Å². The van der Waals surface area contributed by atoms with Crippen molar-refractivity contribution in [2.24, 2.45) is 0 Å². The lowest BCUT2D eigenvalue weighted by molar-refractivity contribution is 0.241. The van der Waals surface area contributed by atoms with Crippen LogP contribution in [0.3, 0.4) is 0 Å². The van der Waals surface area contributed by atoms with Gasteiger partial charge in [-0.3, -0.25) is 0 Å². The third kappa shape index (κ3) is 2.27. The fourth-order valence-corrected chi connectivity index (χ4v) is 1.94. The van der Waals surface area contributed by atoms with Gasteiger partial charge in [0.05, 0.1) is 0 Å². The Morgan fingerprint density at radius 3 is 2.71 bits per heavy atom. The standard InChI is InChI=1S/C11H15ClN2/c1-14-7-6-13-11(8-14)9-2-4-10(12)5-3-9/h2-5,11,13H,6-8H2,1H3/t11-/m0/s1. The van der Waals surface area contributed by atoms with E-state index in [1.807, 2.05) is 12.1 Å². The molecule has 14 heavy (non-hydrogen) atoms. The molecule has 2 nitrogen and oxygen atoms in total. The van der Waals surface area contributed by atoms with Gasteiger partial charge in [0.25, 0.3) is 0 Å². The summed E-state index contributed by atoms with van der Waals surface area (Å²) in [5, 5.41) is 4.30. The molecule has 0 spiro atoms. The normalized spacial score (nSPS) is 23.7. The van der Waals surface area contributed by atoms with Gasteiger partial charge in [0.2, 0.25) is 0 Å². The van der Waals surface area contributed by atoms with Gasteiger partial charge >= 0.3 is 0 Å². The molecule has 0 radical (unpaired) electrons. The molecule has 0 aliphatic carbocycles. The van der Waals surface area contributed by atoms with Gasteiger partial charge in [-0.2, -0.15) is 0 Å². The van der Waals surface area contributed by atoms with E-state index < -0.39 is 0 Å². The zero-order valence-electron chi connectivity index (χ0n) is 8.33. The van der Waals surface area contributed by atoms with Crippen molar-refractivity contribution in [1.29, 1.82) is 0 Å². The number of rotatable bonds is 1. The second-order valence-corrected chi connectivity index (χ2v) is 4.26. The summed E-state index contributed by atoms with van der Waals surface area (Å²) in [4.78, 5) is 2.34. The minimum Gasteiger partial charge on any atom is -0.308 e. The van der Waals surface area contributed by atoms with Crippen LogP contribution in [0.1, 0.15) is 11.6 Å². The van der Waals surface area contributed by atoms with Crippen molar-refractivity contribution < 1.29 is 0 Å². The van der Waals surface area contributed by atoms with E-state index in [0.717, 1.165) is 24.7 Å². The van der Waals surface area contributed by atoms with Crippen molar-refractivity contribution in [3.05, 3.63) is 34.9 Å². The van der Waals surface area contributed by atoms with Gasteiger partial charge in [-0.15, -0.1) is 0 Å². The van der Waals surface area contributed by atoms with Crippen LogP contribution in [0, 0.1) is 0 Å². The van der Waals surface area contributed by atoms with E-state index in [1.54, 1.807) is 0 Å². The summed E-state index contributed by atoms with van der Waals surface area (Å²) in [6.45, 7) is 3.26. The molecule has 1 aliphatic rings. The van der Waals surface area contributed by atoms with Crippen LogP contribution in [0.15, 0.2) is 24.3 Å². The van der Waals surface area contributed by atoms with E-state index in [4.69, 9.17) is 11.6 Å². The molecular weight excluding hydrogens is 196 g/mol. The molecule has 1 heterocycles. The first-order chi connectivity index (χ1) is 6.75. The number of hydrogen-bond acceptors (Lipinski definition) is 2. The van der Waals surface area contributed by atoms with Crippen molar-refractivity contribution in [3.8, 4) is 0 Å². The van der Waals surface area contributed by atoms with Crippen LogP contribution in [-0.4, -0.2) is 31.6 Å². The highest BCUT2D eigenvalue weighted by molar-refractivity contribution is 6.30. The average Bonchev–Trinajstić information content (AvgIpc) is 2.19. The average molecular weight is 211 g/mol. The number of hydrogen-bond donors (Lipinski definition) is 1. The van der Waals surface area contributed by atoms with Crippen molar-refractivity contribution in [1.82, 2.24) is 10.2 Å². The molecule has 2 rings (SSSR count). The van der Waals surface area contributed by atoms with Gasteiger partial charge in [-0.05, 0) is 24.7 Å². The maximum absolute atomic E-state index is 5.85. The fraction of sp³-hybridized carbons (Fsp3) is 0.455. The first-order valence-corrected chi connectivity index (χ1v) is 5.31. The van der Waals surface area contributed by atoms with Crippen LogP contribution >= 0.6 is 11.6 Å². The molecule has 76 valence electrons. The molecule has 1 saturated heterocycles. The molecule has 0 bridgehead atoms. The van der Waals surface area contributed by atoms with Gasteiger partial charge in [0, 0.05) is 30.7 Å². The minimum atomic E-state index is 0.450. The van der Waals surface area contributed by atoms with Crippen molar-refractivity contribution in [3.63, 3.8) is 0 Å². The van der Waals surface area contributed by atoms with Crippen molar-refractivity contribution >= 4 is 11.6 Å². The summed E-state index contributed by atoms with van der Waals surface area (Å²) in [5.41, 5.74) is 1.32. The molecule has 0 saturated carbocycles. The Bertz CT molecular complexity index is 297. The zero-order valence-corrected chi connectivity index (χ0v) is 9.09. The molecule has 1 aromatic carbocycles. The van der Waals surface area contributed by atoms with Crippen LogP contribution in [0.25, 0.3) is 0 Å². The fourth-order valence-electron chi connectivity index (χ4n) is 1.82. The highest BCUT2D eigenvalue weighted by Gasteiger charge is 2.17. The summed E-state index contributed by atoms with van der Waals surface area (Å²) >= 11 is 5.85.